The molecule has 85 heavy (non-hydrogen) atoms. The van der Waals surface area contributed by atoms with Gasteiger partial charge in [0.05, 0.1) is 33.3 Å². The number of hydrogen-bond acceptors (Lipinski definition) is 15. The van der Waals surface area contributed by atoms with Crippen molar-refractivity contribution >= 4 is 54.2 Å². The predicted molar refractivity (Wildman–Crippen MR) is 306 cm³/mol. The second kappa shape index (κ2) is 27.7. The van der Waals surface area contributed by atoms with Crippen molar-refractivity contribution in [3.05, 3.63) is 144 Å². The van der Waals surface area contributed by atoms with Gasteiger partial charge in [-0.15, -0.1) is 0 Å². The molecular weight excluding hydrogens is 1100 g/mol. The fraction of sp³-hybridized carbons (Fsp3) is 0.468. The second-order valence-electron chi connectivity index (χ2n) is 22.7. The highest BCUT2D eigenvalue weighted by Gasteiger charge is 2.58. The Balaban J connectivity index is 1.10. The van der Waals surface area contributed by atoms with Crippen molar-refractivity contribution in [2.24, 2.45) is 0 Å². The Morgan fingerprint density at radius 3 is 0.941 bits per heavy atom. The number of likely N-dealkylation sites (tertiary alicyclic amines) is 4. The van der Waals surface area contributed by atoms with Gasteiger partial charge in [0.1, 0.15) is 48.6 Å². The number of carbonyl (C=O) groups excluding carboxylic acids is 9. The van der Waals surface area contributed by atoms with Crippen LogP contribution in [0.3, 0.4) is 0 Å². The lowest BCUT2D eigenvalue weighted by molar-refractivity contribution is -0.153. The molecule has 0 aliphatic carbocycles. The summed E-state index contributed by atoms with van der Waals surface area (Å²) in [5.74, 6) is -3.23. The number of esters is 1. The topological polar surface area (TPSA) is 270 Å². The summed E-state index contributed by atoms with van der Waals surface area (Å²) in [5, 5.41) is 11.4. The molecule has 0 saturated carbocycles. The highest BCUT2D eigenvalue weighted by molar-refractivity contribution is 5.97. The first-order chi connectivity index (χ1) is 40.8. The molecule has 0 spiro atoms. The zero-order valence-corrected chi connectivity index (χ0v) is 48.6. The van der Waals surface area contributed by atoms with Crippen LogP contribution in [0.4, 0.5) is 24.0 Å². The molecule has 4 atom stereocenters. The van der Waals surface area contributed by atoms with Crippen molar-refractivity contribution in [3.63, 3.8) is 0 Å². The first-order valence-corrected chi connectivity index (χ1v) is 28.7. The van der Waals surface area contributed by atoms with Gasteiger partial charge in [-0.2, -0.15) is 0 Å². The fourth-order valence-electron chi connectivity index (χ4n) is 11.6. The van der Waals surface area contributed by atoms with Crippen molar-refractivity contribution in [2.45, 2.75) is 126 Å². The number of carbonyl (C=O) groups is 9. The van der Waals surface area contributed by atoms with Crippen molar-refractivity contribution in [1.29, 1.82) is 0 Å². The van der Waals surface area contributed by atoms with Crippen LogP contribution in [0.5, 0.6) is 0 Å². The predicted octanol–water partition coefficient (Wildman–Crippen LogP) is 6.72. The molecule has 4 saturated heterocycles. The maximum absolute atomic E-state index is 15.6. The highest BCUT2D eigenvalue weighted by atomic mass is 16.6. The molecule has 4 fully saturated rings. The van der Waals surface area contributed by atoms with Gasteiger partial charge in [0.15, 0.2) is 5.54 Å². The molecular formula is C62H76N8O15. The maximum atomic E-state index is 15.6. The average molecular weight is 1170 g/mol. The van der Waals surface area contributed by atoms with E-state index in [1.807, 2.05) is 18.2 Å². The minimum atomic E-state index is -1.94. The van der Waals surface area contributed by atoms with E-state index in [-0.39, 0.29) is 91.1 Å². The van der Waals surface area contributed by atoms with Gasteiger partial charge in [-0.3, -0.25) is 34.0 Å². The van der Waals surface area contributed by atoms with Crippen LogP contribution in [0.2, 0.25) is 0 Å². The summed E-state index contributed by atoms with van der Waals surface area (Å²) < 4.78 is 33.9. The lowest BCUT2D eigenvalue weighted by Gasteiger charge is -2.41. The third-order valence-corrected chi connectivity index (χ3v) is 16.0. The molecule has 4 aromatic carbocycles. The summed E-state index contributed by atoms with van der Waals surface area (Å²) in [6, 6.07) is 35.7. The van der Waals surface area contributed by atoms with E-state index in [9.17, 15) is 28.8 Å². The maximum Gasteiger partial charge on any atom is 0.411 e. The SMILES string of the molecule is COC(=O)[C@@]1(CNC(=O)[C@@]2(CNC(=O)[C@@]3(CNC(=O)[C@@]4(CNC(=O)OC(C)(C)C)CCCN4C(=O)OCc4ccccc4)CCCN3C(=O)OCc3ccccc3)CCCN2C(=O)OCc2ccccc2)CCCN1C(=O)OCc1ccccc1. The number of hydrogen-bond donors (Lipinski definition) is 4. The lowest BCUT2D eigenvalue weighted by atomic mass is 9.90. The molecule has 4 aliphatic heterocycles. The third-order valence-electron chi connectivity index (χ3n) is 16.0. The number of benzene rings is 4. The summed E-state index contributed by atoms with van der Waals surface area (Å²) in [7, 11) is 1.17. The zero-order valence-electron chi connectivity index (χ0n) is 48.6. The molecule has 4 N–H and O–H groups in total. The van der Waals surface area contributed by atoms with Gasteiger partial charge in [0.25, 0.3) is 0 Å². The van der Waals surface area contributed by atoms with Gasteiger partial charge in [-0.05, 0) is 94.4 Å². The second-order valence-corrected chi connectivity index (χ2v) is 22.7. The quantitative estimate of drug-likeness (QED) is 0.0529. The van der Waals surface area contributed by atoms with Gasteiger partial charge >= 0.3 is 36.4 Å². The molecule has 0 aromatic heterocycles. The van der Waals surface area contributed by atoms with Crippen LogP contribution in [0.25, 0.3) is 0 Å². The number of methoxy groups -OCH3 is 1. The van der Waals surface area contributed by atoms with Gasteiger partial charge in [0, 0.05) is 26.2 Å². The molecule has 23 heteroatoms. The van der Waals surface area contributed by atoms with E-state index in [0.717, 1.165) is 0 Å². The summed E-state index contributed by atoms with van der Waals surface area (Å²) in [6.07, 6.45) is -3.04. The summed E-state index contributed by atoms with van der Waals surface area (Å²) >= 11 is 0. The summed E-state index contributed by atoms with van der Waals surface area (Å²) in [6.45, 7) is 2.61. The van der Waals surface area contributed by atoms with Crippen molar-refractivity contribution in [2.75, 3.05) is 59.5 Å². The normalized spacial score (nSPS) is 21.7. The molecule has 454 valence electrons. The molecule has 0 bridgehead atoms. The van der Waals surface area contributed by atoms with Crippen molar-refractivity contribution in [3.8, 4) is 0 Å². The molecule has 4 heterocycles. The number of rotatable bonds is 20. The number of amides is 8. The fourth-order valence-corrected chi connectivity index (χ4v) is 11.6. The first kappa shape index (κ1) is 62.2. The Morgan fingerprint density at radius 1 is 0.400 bits per heavy atom. The van der Waals surface area contributed by atoms with E-state index < -0.39 is 108 Å². The highest BCUT2D eigenvalue weighted by Crippen LogP contribution is 2.37. The van der Waals surface area contributed by atoms with Gasteiger partial charge in [-0.25, -0.2) is 28.8 Å². The standard InChI is InChI=1S/C62H76N8O15/c1-58(2,3)85-53(75)66-43-61(31-19-35-69(61)56(78)83-39-47-25-13-7-14-26-47)51(73)64-41-59(29-17-33-67(59)54(76)81-37-45-21-9-5-10-22-45)49(71)63-42-60(30-18-34-68(60)55(77)82-38-46-23-11-6-12-24-46)50(72)65-44-62(52(74)80-4)32-20-36-70(62)57(79)84-40-48-27-15-8-16-28-48/h5-16,21-28H,17-20,29-44H2,1-4H3,(H,63,71)(H,64,73)(H,65,72)(H,66,75)/t59-,60-,61-,62-/m0/s1. The van der Waals surface area contributed by atoms with Crippen LogP contribution in [-0.4, -0.2) is 161 Å². The largest absolute Gasteiger partial charge is 0.467 e. The minimum Gasteiger partial charge on any atom is -0.467 e. The smallest absolute Gasteiger partial charge is 0.411 e. The molecule has 23 nitrogen and oxygen atoms in total. The molecule has 4 aromatic rings. The minimum absolute atomic E-state index is 0.000170. The Labute approximate surface area is 494 Å². The summed E-state index contributed by atoms with van der Waals surface area (Å²) in [5.41, 5.74) is -5.57. The van der Waals surface area contributed by atoms with Gasteiger partial charge < -0.3 is 49.7 Å². The average Bonchev–Trinajstić information content (AvgIpc) is 2.80. The van der Waals surface area contributed by atoms with Crippen LogP contribution in [0.1, 0.15) is 94.4 Å². The Hall–Kier alpha value is -8.89. The van der Waals surface area contributed by atoms with E-state index in [2.05, 4.69) is 21.3 Å². The number of nitrogens with zero attached hydrogens (tertiary/aromatic N) is 4. The monoisotopic (exact) mass is 1170 g/mol. The van der Waals surface area contributed by atoms with E-state index >= 15 is 14.4 Å². The van der Waals surface area contributed by atoms with Crippen LogP contribution in [-0.2, 0) is 74.0 Å². The Kier molecular flexibility index (Phi) is 20.2. The van der Waals surface area contributed by atoms with Crippen LogP contribution in [0, 0.1) is 0 Å². The van der Waals surface area contributed by atoms with E-state index in [0.29, 0.717) is 35.1 Å². The molecule has 8 amide bonds. The van der Waals surface area contributed by atoms with Crippen molar-refractivity contribution < 1.29 is 71.6 Å². The number of alkyl carbamates (subject to hydrolysis) is 1. The van der Waals surface area contributed by atoms with Crippen molar-refractivity contribution in [1.82, 2.24) is 40.9 Å². The first-order valence-electron chi connectivity index (χ1n) is 28.7. The van der Waals surface area contributed by atoms with E-state index in [1.165, 1.54) is 26.7 Å². The van der Waals surface area contributed by atoms with Gasteiger partial charge in [-0.1, -0.05) is 121 Å². The van der Waals surface area contributed by atoms with E-state index in [4.69, 9.17) is 28.4 Å². The Morgan fingerprint density at radius 2 is 0.659 bits per heavy atom. The molecule has 0 radical (unpaired) electrons. The zero-order chi connectivity index (χ0) is 60.7. The van der Waals surface area contributed by atoms with E-state index in [1.54, 1.807) is 124 Å². The number of ether oxygens (including phenoxy) is 6. The summed E-state index contributed by atoms with van der Waals surface area (Å²) in [4.78, 5) is 135. The molecule has 0 unspecified atom stereocenters. The van der Waals surface area contributed by atoms with Crippen LogP contribution >= 0.6 is 0 Å². The number of nitrogens with one attached hydrogen (secondary N) is 4. The Bertz CT molecular complexity index is 3010. The van der Waals surface area contributed by atoms with Crippen LogP contribution < -0.4 is 21.3 Å². The van der Waals surface area contributed by atoms with Crippen LogP contribution in [0.15, 0.2) is 121 Å². The molecule has 8 rings (SSSR count). The molecule has 4 aliphatic rings. The lowest BCUT2D eigenvalue weighted by Crippen LogP contribution is -2.69. The van der Waals surface area contributed by atoms with Gasteiger partial charge in [0.2, 0.25) is 17.7 Å². The third kappa shape index (κ3) is 14.5.